The molecule has 0 bridgehead atoms. The summed E-state index contributed by atoms with van der Waals surface area (Å²) in [5.41, 5.74) is 8.05. The standard InChI is InChI=1S/C19H23N3/c1-14-19(2,3)17-12-15(10-11-18(17)22(14)4)13-20-21-16-8-6-5-7-9-16/h5-14,21H,1-4H3/t14-/m0/s1. The van der Waals surface area contributed by atoms with Gasteiger partial charge in [-0.1, -0.05) is 38.1 Å². The highest BCUT2D eigenvalue weighted by molar-refractivity contribution is 5.83. The molecule has 3 nitrogen and oxygen atoms in total. The van der Waals surface area contributed by atoms with Crippen LogP contribution in [-0.2, 0) is 5.41 Å². The third-order valence-corrected chi connectivity index (χ3v) is 4.90. The topological polar surface area (TPSA) is 27.6 Å². The summed E-state index contributed by atoms with van der Waals surface area (Å²) < 4.78 is 0. The van der Waals surface area contributed by atoms with Crippen molar-refractivity contribution in [3.8, 4) is 0 Å². The zero-order valence-corrected chi connectivity index (χ0v) is 13.7. The number of fused-ring (bicyclic) bond motifs is 1. The molecule has 3 heteroatoms. The zero-order chi connectivity index (χ0) is 15.7. The number of para-hydroxylation sites is 1. The van der Waals surface area contributed by atoms with Gasteiger partial charge in [-0.15, -0.1) is 0 Å². The summed E-state index contributed by atoms with van der Waals surface area (Å²) in [5, 5.41) is 4.33. The van der Waals surface area contributed by atoms with Crippen molar-refractivity contribution in [2.75, 3.05) is 17.4 Å². The highest BCUT2D eigenvalue weighted by Gasteiger charge is 2.39. The highest BCUT2D eigenvalue weighted by atomic mass is 15.3. The Morgan fingerprint density at radius 2 is 1.86 bits per heavy atom. The Bertz CT molecular complexity index is 689. The fourth-order valence-electron chi connectivity index (χ4n) is 3.07. The molecule has 3 rings (SSSR count). The molecule has 0 fully saturated rings. The van der Waals surface area contributed by atoms with Gasteiger partial charge in [0.15, 0.2) is 0 Å². The van der Waals surface area contributed by atoms with Gasteiger partial charge in [-0.2, -0.15) is 5.10 Å². The molecule has 1 N–H and O–H groups in total. The Morgan fingerprint density at radius 1 is 1.14 bits per heavy atom. The summed E-state index contributed by atoms with van der Waals surface area (Å²) in [6, 6.07) is 17.1. The molecule has 1 heterocycles. The van der Waals surface area contributed by atoms with E-state index in [9.17, 15) is 0 Å². The molecule has 114 valence electrons. The van der Waals surface area contributed by atoms with Crippen molar-refractivity contribution in [3.63, 3.8) is 0 Å². The summed E-state index contributed by atoms with van der Waals surface area (Å²) in [7, 11) is 2.17. The lowest BCUT2D eigenvalue weighted by atomic mass is 9.81. The summed E-state index contributed by atoms with van der Waals surface area (Å²) in [6.07, 6.45) is 1.88. The van der Waals surface area contributed by atoms with E-state index in [2.05, 4.69) is 61.4 Å². The first-order chi connectivity index (χ1) is 10.5. The van der Waals surface area contributed by atoms with Crippen LogP contribution in [0.25, 0.3) is 0 Å². The van der Waals surface area contributed by atoms with Crippen molar-refractivity contribution in [2.45, 2.75) is 32.2 Å². The van der Waals surface area contributed by atoms with Gasteiger partial charge in [0, 0.05) is 24.2 Å². The molecule has 0 aromatic heterocycles. The Balaban J connectivity index is 1.82. The number of rotatable bonds is 3. The molecular formula is C19H23N3. The minimum atomic E-state index is 0.154. The summed E-state index contributed by atoms with van der Waals surface area (Å²) in [6.45, 7) is 6.90. The molecule has 0 unspecified atom stereocenters. The molecule has 0 spiro atoms. The number of hydrogen-bond donors (Lipinski definition) is 1. The van der Waals surface area contributed by atoms with E-state index in [-0.39, 0.29) is 5.41 Å². The van der Waals surface area contributed by atoms with Crippen LogP contribution in [0.1, 0.15) is 31.9 Å². The lowest BCUT2D eigenvalue weighted by Gasteiger charge is -2.28. The fourth-order valence-corrected chi connectivity index (χ4v) is 3.07. The number of hydrazone groups is 1. The Kier molecular flexibility index (Phi) is 3.65. The first-order valence-electron chi connectivity index (χ1n) is 7.71. The predicted molar refractivity (Wildman–Crippen MR) is 95.0 cm³/mol. The molecule has 0 saturated carbocycles. The molecule has 0 amide bonds. The normalized spacial score (nSPS) is 19.5. The minimum Gasteiger partial charge on any atom is -0.371 e. The van der Waals surface area contributed by atoms with E-state index in [0.717, 1.165) is 11.3 Å². The molecule has 1 aliphatic heterocycles. The SMILES string of the molecule is C[C@@H]1N(C)c2ccc(C=NNc3ccccc3)cc2C1(C)C. The number of hydrogen-bond acceptors (Lipinski definition) is 3. The average molecular weight is 293 g/mol. The Morgan fingerprint density at radius 3 is 2.59 bits per heavy atom. The van der Waals surface area contributed by atoms with Gasteiger partial charge < -0.3 is 4.90 Å². The third kappa shape index (κ3) is 2.47. The number of benzene rings is 2. The molecular weight excluding hydrogens is 270 g/mol. The fraction of sp³-hybridized carbons (Fsp3) is 0.316. The number of anilines is 2. The molecule has 0 aliphatic carbocycles. The molecule has 22 heavy (non-hydrogen) atoms. The number of nitrogens with one attached hydrogen (secondary N) is 1. The van der Waals surface area contributed by atoms with Gasteiger partial charge in [-0.05, 0) is 42.3 Å². The van der Waals surface area contributed by atoms with E-state index in [4.69, 9.17) is 0 Å². The largest absolute Gasteiger partial charge is 0.371 e. The predicted octanol–water partition coefficient (Wildman–Crippen LogP) is 4.25. The van der Waals surface area contributed by atoms with Crippen LogP contribution < -0.4 is 10.3 Å². The Hall–Kier alpha value is -2.29. The van der Waals surface area contributed by atoms with Crippen molar-refractivity contribution in [2.24, 2.45) is 5.10 Å². The monoisotopic (exact) mass is 293 g/mol. The Labute approximate surface area is 132 Å². The third-order valence-electron chi connectivity index (χ3n) is 4.90. The van der Waals surface area contributed by atoms with Crippen molar-refractivity contribution in [3.05, 3.63) is 59.7 Å². The summed E-state index contributed by atoms with van der Waals surface area (Å²) >= 11 is 0. The van der Waals surface area contributed by atoms with Gasteiger partial charge in [-0.25, -0.2) is 0 Å². The first-order valence-corrected chi connectivity index (χ1v) is 7.71. The van der Waals surface area contributed by atoms with E-state index in [0.29, 0.717) is 6.04 Å². The molecule has 1 atom stereocenters. The van der Waals surface area contributed by atoms with Gasteiger partial charge >= 0.3 is 0 Å². The van der Waals surface area contributed by atoms with Crippen LogP contribution in [-0.4, -0.2) is 19.3 Å². The van der Waals surface area contributed by atoms with Crippen molar-refractivity contribution >= 4 is 17.6 Å². The van der Waals surface area contributed by atoms with Crippen LogP contribution in [0.15, 0.2) is 53.6 Å². The van der Waals surface area contributed by atoms with Crippen LogP contribution in [0, 0.1) is 0 Å². The minimum absolute atomic E-state index is 0.154. The van der Waals surface area contributed by atoms with E-state index in [1.807, 2.05) is 36.5 Å². The first kappa shape index (κ1) is 14.6. The maximum Gasteiger partial charge on any atom is 0.0561 e. The highest BCUT2D eigenvalue weighted by Crippen LogP contribution is 2.44. The molecule has 2 aromatic rings. The summed E-state index contributed by atoms with van der Waals surface area (Å²) in [5.74, 6) is 0. The van der Waals surface area contributed by atoms with Gasteiger partial charge in [0.1, 0.15) is 0 Å². The molecule has 0 radical (unpaired) electrons. The summed E-state index contributed by atoms with van der Waals surface area (Å²) in [4.78, 5) is 2.36. The quantitative estimate of drug-likeness (QED) is 0.677. The van der Waals surface area contributed by atoms with Gasteiger partial charge in [0.05, 0.1) is 11.9 Å². The van der Waals surface area contributed by atoms with E-state index >= 15 is 0 Å². The number of likely N-dealkylation sites (N-methyl/N-ethyl adjacent to an activating group) is 1. The van der Waals surface area contributed by atoms with Gasteiger partial charge in [-0.3, -0.25) is 5.43 Å². The van der Waals surface area contributed by atoms with E-state index in [1.54, 1.807) is 0 Å². The van der Waals surface area contributed by atoms with Crippen LogP contribution in [0.4, 0.5) is 11.4 Å². The van der Waals surface area contributed by atoms with Crippen LogP contribution in [0.5, 0.6) is 0 Å². The van der Waals surface area contributed by atoms with Crippen LogP contribution in [0.3, 0.4) is 0 Å². The van der Waals surface area contributed by atoms with E-state index in [1.165, 1.54) is 11.3 Å². The van der Waals surface area contributed by atoms with Crippen LogP contribution in [0.2, 0.25) is 0 Å². The average Bonchev–Trinajstić information content (AvgIpc) is 2.70. The van der Waals surface area contributed by atoms with Crippen LogP contribution >= 0.6 is 0 Å². The van der Waals surface area contributed by atoms with Gasteiger partial charge in [0.2, 0.25) is 0 Å². The van der Waals surface area contributed by atoms with Crippen molar-refractivity contribution in [1.82, 2.24) is 0 Å². The zero-order valence-electron chi connectivity index (χ0n) is 13.7. The second kappa shape index (κ2) is 5.48. The second-order valence-electron chi connectivity index (χ2n) is 6.52. The maximum absolute atomic E-state index is 4.33. The molecule has 1 aliphatic rings. The second-order valence-corrected chi connectivity index (χ2v) is 6.52. The number of nitrogens with zero attached hydrogens (tertiary/aromatic N) is 2. The van der Waals surface area contributed by atoms with Crippen molar-refractivity contribution in [1.29, 1.82) is 0 Å². The van der Waals surface area contributed by atoms with E-state index < -0.39 is 0 Å². The van der Waals surface area contributed by atoms with Gasteiger partial charge in [0.25, 0.3) is 0 Å². The lowest BCUT2D eigenvalue weighted by molar-refractivity contribution is 0.454. The smallest absolute Gasteiger partial charge is 0.0561 e. The maximum atomic E-state index is 4.33. The van der Waals surface area contributed by atoms with Crippen molar-refractivity contribution < 1.29 is 0 Å². The molecule has 0 saturated heterocycles. The molecule has 2 aromatic carbocycles. The lowest BCUT2D eigenvalue weighted by Crippen LogP contribution is -2.36.